The quantitative estimate of drug-likeness (QED) is 0.526. The molecule has 36 heavy (non-hydrogen) atoms. The normalized spacial score (nSPS) is 34.0. The molecule has 0 aromatic heterocycles. The predicted molar refractivity (Wildman–Crippen MR) is 126 cm³/mol. The van der Waals surface area contributed by atoms with E-state index in [1.165, 1.54) is 6.07 Å². The summed E-state index contributed by atoms with van der Waals surface area (Å²) in [7, 11) is 0. The van der Waals surface area contributed by atoms with Gasteiger partial charge in [0.1, 0.15) is 11.5 Å². The van der Waals surface area contributed by atoms with Crippen molar-refractivity contribution >= 4 is 34.8 Å². The summed E-state index contributed by atoms with van der Waals surface area (Å²) >= 11 is 0. The van der Waals surface area contributed by atoms with Gasteiger partial charge in [0.2, 0.25) is 5.91 Å². The number of carbonyl (C=O) groups is 6. The fourth-order valence-electron chi connectivity index (χ4n) is 6.74. The molecule has 9 heteroatoms. The Kier molecular flexibility index (Phi) is 6.06. The number of aromatic hydroxyl groups is 1. The first-order valence-electron chi connectivity index (χ1n) is 12.1. The van der Waals surface area contributed by atoms with Crippen LogP contribution in [-0.4, -0.2) is 50.6 Å². The lowest BCUT2D eigenvalue weighted by Crippen LogP contribution is -2.71. The minimum Gasteiger partial charge on any atom is -0.507 e. The van der Waals surface area contributed by atoms with Crippen molar-refractivity contribution in [3.8, 4) is 5.75 Å². The van der Waals surface area contributed by atoms with Gasteiger partial charge in [-0.05, 0) is 34.8 Å². The Balaban J connectivity index is 1.91. The molecule has 4 N–H and O–H groups in total. The van der Waals surface area contributed by atoms with Crippen LogP contribution in [0.1, 0.15) is 68.8 Å². The van der Waals surface area contributed by atoms with Gasteiger partial charge in [0.15, 0.2) is 34.7 Å². The number of ketones is 5. The highest BCUT2D eigenvalue weighted by Crippen LogP contribution is 2.57. The van der Waals surface area contributed by atoms with Gasteiger partial charge >= 0.3 is 0 Å². The number of rotatable bonds is 4. The predicted octanol–water partition coefficient (Wildman–Crippen LogP) is 1.51. The molecule has 0 bridgehead atoms. The Bertz CT molecular complexity index is 1210. The average Bonchev–Trinajstić information content (AvgIpc) is 2.74. The molecule has 0 saturated heterocycles. The maximum absolute atomic E-state index is 13.8. The van der Waals surface area contributed by atoms with Crippen LogP contribution in [-0.2, 0) is 24.0 Å². The van der Waals surface area contributed by atoms with E-state index in [4.69, 9.17) is 5.73 Å². The third-order valence-corrected chi connectivity index (χ3v) is 8.12. The zero-order valence-corrected chi connectivity index (χ0v) is 20.7. The molecular formula is C27H31NO8. The summed E-state index contributed by atoms with van der Waals surface area (Å²) in [6.07, 6.45) is -0.482. The highest BCUT2D eigenvalue weighted by molar-refractivity contribution is 6.31. The van der Waals surface area contributed by atoms with Crippen molar-refractivity contribution in [2.24, 2.45) is 40.7 Å². The maximum atomic E-state index is 13.8. The summed E-state index contributed by atoms with van der Waals surface area (Å²) in [5, 5.41) is 22.1. The summed E-state index contributed by atoms with van der Waals surface area (Å²) in [6, 6.07) is 4.55. The summed E-state index contributed by atoms with van der Waals surface area (Å²) in [5.74, 6) is -12.8. The Morgan fingerprint density at radius 2 is 1.75 bits per heavy atom. The number of benzene rings is 1. The zero-order chi connectivity index (χ0) is 26.9. The van der Waals surface area contributed by atoms with Gasteiger partial charge in [-0.25, -0.2) is 0 Å². The van der Waals surface area contributed by atoms with Gasteiger partial charge in [0.25, 0.3) is 0 Å². The largest absolute Gasteiger partial charge is 0.507 e. The molecule has 3 aliphatic rings. The number of nitrogens with two attached hydrogens (primary N) is 1. The minimum atomic E-state index is -2.82. The number of aliphatic hydroxyl groups is 1. The second-order valence-electron chi connectivity index (χ2n) is 11.7. The third kappa shape index (κ3) is 3.72. The van der Waals surface area contributed by atoms with E-state index in [1.807, 2.05) is 20.8 Å². The summed E-state index contributed by atoms with van der Waals surface area (Å²) in [4.78, 5) is 78.7. The van der Waals surface area contributed by atoms with E-state index in [2.05, 4.69) is 0 Å². The number of hydrogen-bond acceptors (Lipinski definition) is 8. The van der Waals surface area contributed by atoms with Gasteiger partial charge < -0.3 is 15.9 Å². The lowest BCUT2D eigenvalue weighted by molar-refractivity contribution is -0.183. The Labute approximate surface area is 208 Å². The van der Waals surface area contributed by atoms with E-state index in [0.717, 1.165) is 0 Å². The van der Waals surface area contributed by atoms with E-state index in [9.17, 15) is 39.0 Å². The molecule has 9 nitrogen and oxygen atoms in total. The van der Waals surface area contributed by atoms with Crippen LogP contribution in [0.4, 0.5) is 0 Å². The molecule has 3 aliphatic carbocycles. The van der Waals surface area contributed by atoms with Crippen molar-refractivity contribution in [3.63, 3.8) is 0 Å². The summed E-state index contributed by atoms with van der Waals surface area (Å²) < 4.78 is 0. The van der Waals surface area contributed by atoms with Crippen LogP contribution in [0.3, 0.4) is 0 Å². The molecule has 0 spiro atoms. The molecule has 1 aromatic rings. The fourth-order valence-corrected chi connectivity index (χ4v) is 6.74. The molecule has 2 fully saturated rings. The van der Waals surface area contributed by atoms with Crippen LogP contribution in [0.2, 0.25) is 0 Å². The minimum absolute atomic E-state index is 0.0628. The lowest BCUT2D eigenvalue weighted by Gasteiger charge is -2.54. The summed E-state index contributed by atoms with van der Waals surface area (Å²) in [6.45, 7) is 7.40. The molecule has 7 atom stereocenters. The van der Waals surface area contributed by atoms with Gasteiger partial charge in [-0.2, -0.15) is 0 Å². The maximum Gasteiger partial charge on any atom is 0.235 e. The first-order valence-corrected chi connectivity index (χ1v) is 12.1. The molecule has 1 amide bonds. The van der Waals surface area contributed by atoms with E-state index in [-0.39, 0.29) is 35.4 Å². The van der Waals surface area contributed by atoms with Gasteiger partial charge in [-0.1, -0.05) is 39.8 Å². The standard InChI is InChI=1S/C27H31NO8/c1-11-13-6-5-7-16(30)19(13)22(32)21-18(11)14(8-12(29)10-26(2,3)4)15-9-17(31)20(25(28)35)23(33)27(15,36)24(21)34/h5-7,11,14-15,18,20-21,30,36H,8-10H2,1-4H3,(H2,28,35)/t11-,14+,15+,18-,20?,21?,27+/m0/s1. The van der Waals surface area contributed by atoms with Crippen LogP contribution in [0, 0.1) is 35.0 Å². The smallest absolute Gasteiger partial charge is 0.235 e. The van der Waals surface area contributed by atoms with E-state index in [1.54, 1.807) is 19.1 Å². The van der Waals surface area contributed by atoms with Crippen molar-refractivity contribution in [1.82, 2.24) is 0 Å². The van der Waals surface area contributed by atoms with Gasteiger partial charge in [-0.15, -0.1) is 0 Å². The highest BCUT2D eigenvalue weighted by atomic mass is 16.3. The first-order chi connectivity index (χ1) is 16.6. The monoisotopic (exact) mass is 497 g/mol. The second-order valence-corrected chi connectivity index (χ2v) is 11.7. The van der Waals surface area contributed by atoms with Crippen molar-refractivity contribution in [1.29, 1.82) is 0 Å². The van der Waals surface area contributed by atoms with Crippen LogP contribution >= 0.6 is 0 Å². The number of phenolic OH excluding ortho intramolecular Hbond substituents is 1. The Hall–Kier alpha value is -3.20. The van der Waals surface area contributed by atoms with Crippen molar-refractivity contribution in [3.05, 3.63) is 29.3 Å². The molecule has 2 saturated carbocycles. The van der Waals surface area contributed by atoms with Gasteiger partial charge in [0.05, 0.1) is 11.5 Å². The van der Waals surface area contributed by atoms with Crippen LogP contribution in [0.25, 0.3) is 0 Å². The number of phenols is 1. The molecule has 4 rings (SSSR count). The Morgan fingerprint density at radius 1 is 1.11 bits per heavy atom. The van der Waals surface area contributed by atoms with E-state index in [0.29, 0.717) is 5.56 Å². The van der Waals surface area contributed by atoms with Gasteiger partial charge in [-0.3, -0.25) is 28.8 Å². The number of hydrogen-bond donors (Lipinski definition) is 3. The number of amides is 1. The molecule has 0 heterocycles. The topological polar surface area (TPSA) is 169 Å². The van der Waals surface area contributed by atoms with Crippen molar-refractivity contribution in [2.45, 2.75) is 58.5 Å². The SMILES string of the molecule is C[C@H]1c2cccc(O)c2C(=O)C2C(=O)[C@]3(O)C(=O)C(C(N)=O)C(=O)C[C@@H]3[C@@H](CC(=O)CC(C)(C)C)[C@@H]21. The molecule has 0 aliphatic heterocycles. The first kappa shape index (κ1) is 25.9. The molecule has 0 radical (unpaired) electrons. The van der Waals surface area contributed by atoms with Crippen molar-refractivity contribution in [2.75, 3.05) is 0 Å². The number of Topliss-reactive ketones (excluding diaryl/α,β-unsaturated/α-hetero) is 5. The number of carbonyl (C=O) groups excluding carboxylic acids is 6. The van der Waals surface area contributed by atoms with Crippen LogP contribution in [0.15, 0.2) is 18.2 Å². The molecule has 192 valence electrons. The Morgan fingerprint density at radius 3 is 2.33 bits per heavy atom. The number of primary amides is 1. The summed E-state index contributed by atoms with van der Waals surface area (Å²) in [5.41, 5.74) is 2.52. The molecule has 1 aromatic carbocycles. The third-order valence-electron chi connectivity index (χ3n) is 8.12. The number of fused-ring (bicyclic) bond motifs is 3. The van der Waals surface area contributed by atoms with E-state index >= 15 is 0 Å². The fraction of sp³-hybridized carbons (Fsp3) is 0.556. The zero-order valence-electron chi connectivity index (χ0n) is 20.7. The van der Waals surface area contributed by atoms with Gasteiger partial charge in [0, 0.05) is 25.2 Å². The molecular weight excluding hydrogens is 466 g/mol. The average molecular weight is 498 g/mol. The van der Waals surface area contributed by atoms with Crippen molar-refractivity contribution < 1.29 is 39.0 Å². The van der Waals surface area contributed by atoms with E-state index < -0.39 is 76.6 Å². The highest BCUT2D eigenvalue weighted by Gasteiger charge is 2.69. The molecule has 2 unspecified atom stereocenters. The van der Waals surface area contributed by atoms with Crippen LogP contribution < -0.4 is 5.73 Å². The van der Waals surface area contributed by atoms with Crippen LogP contribution in [0.5, 0.6) is 5.75 Å². The lowest BCUT2D eigenvalue weighted by atomic mass is 9.47. The second kappa shape index (κ2) is 8.44.